The maximum absolute atomic E-state index is 13.1. The Morgan fingerprint density at radius 2 is 1.59 bits per heavy atom. The van der Waals surface area contributed by atoms with Gasteiger partial charge in [-0.25, -0.2) is 8.42 Å². The first-order valence-corrected chi connectivity index (χ1v) is 14.1. The Morgan fingerprint density at radius 1 is 0.892 bits per heavy atom. The summed E-state index contributed by atoms with van der Waals surface area (Å²) in [6.07, 6.45) is 1.21. The Morgan fingerprint density at radius 3 is 2.30 bits per heavy atom. The molecule has 2 aliphatic heterocycles. The summed E-state index contributed by atoms with van der Waals surface area (Å²) in [5.41, 5.74) is 4.20. The van der Waals surface area contributed by atoms with Crippen molar-refractivity contribution in [1.29, 1.82) is 0 Å². The van der Waals surface area contributed by atoms with Gasteiger partial charge in [0.15, 0.2) is 11.5 Å². The molecule has 1 fully saturated rings. The van der Waals surface area contributed by atoms with Crippen LogP contribution in [0, 0.1) is 6.92 Å². The third kappa shape index (κ3) is 5.89. The minimum Gasteiger partial charge on any atom is -0.454 e. The third-order valence-electron chi connectivity index (χ3n) is 6.72. The molecule has 0 spiro atoms. The van der Waals surface area contributed by atoms with Crippen LogP contribution in [0.2, 0.25) is 0 Å². The minimum atomic E-state index is -3.47. The van der Waals surface area contributed by atoms with E-state index in [0.29, 0.717) is 24.3 Å². The molecule has 3 aromatic rings. The molecule has 0 bridgehead atoms. The Bertz CT molecular complexity index is 1380. The number of amides is 1. The van der Waals surface area contributed by atoms with Crippen LogP contribution in [0.3, 0.4) is 0 Å². The maximum Gasteiger partial charge on any atom is 0.253 e. The molecule has 3 aromatic carbocycles. The van der Waals surface area contributed by atoms with Gasteiger partial charge < -0.3 is 14.4 Å². The SMILES string of the molecule is Cc1cccc(N(Cc2ccc(C(=O)N3CCN(Cc4ccc5c(c4)OCO5)CC3)cc2)S(C)(=O)=O)c1. The molecule has 1 amide bonds. The number of carbonyl (C=O) groups is 1. The largest absolute Gasteiger partial charge is 0.454 e. The number of hydrogen-bond donors (Lipinski definition) is 0. The van der Waals surface area contributed by atoms with Gasteiger partial charge in [0.25, 0.3) is 5.91 Å². The highest BCUT2D eigenvalue weighted by Gasteiger charge is 2.23. The van der Waals surface area contributed by atoms with Crippen molar-refractivity contribution in [3.63, 3.8) is 0 Å². The molecule has 1 saturated heterocycles. The molecule has 0 aromatic heterocycles. The van der Waals surface area contributed by atoms with Crippen LogP contribution in [0.1, 0.15) is 27.0 Å². The second-order valence-electron chi connectivity index (χ2n) is 9.56. The fourth-order valence-corrected chi connectivity index (χ4v) is 5.57. The predicted molar refractivity (Wildman–Crippen MR) is 142 cm³/mol. The normalized spacial score (nSPS) is 15.6. The number of rotatable bonds is 7. The first-order valence-electron chi connectivity index (χ1n) is 12.3. The maximum atomic E-state index is 13.1. The molecule has 0 N–H and O–H groups in total. The number of benzene rings is 3. The summed E-state index contributed by atoms with van der Waals surface area (Å²) < 4.78 is 37.2. The van der Waals surface area contributed by atoms with Crippen molar-refractivity contribution in [3.05, 3.63) is 89.0 Å². The number of fused-ring (bicyclic) bond motifs is 1. The van der Waals surface area contributed by atoms with Gasteiger partial charge >= 0.3 is 0 Å². The van der Waals surface area contributed by atoms with Crippen LogP contribution in [-0.4, -0.2) is 63.4 Å². The fourth-order valence-electron chi connectivity index (χ4n) is 4.69. The number of piperazine rings is 1. The highest BCUT2D eigenvalue weighted by Crippen LogP contribution is 2.33. The van der Waals surface area contributed by atoms with Crippen LogP contribution < -0.4 is 13.8 Å². The fraction of sp³-hybridized carbons (Fsp3) is 0.321. The van der Waals surface area contributed by atoms with E-state index in [2.05, 4.69) is 11.0 Å². The van der Waals surface area contributed by atoms with Crippen LogP contribution in [0.25, 0.3) is 0 Å². The average molecular weight is 522 g/mol. The Hall–Kier alpha value is -3.56. The Balaban J connectivity index is 1.18. The Kier molecular flexibility index (Phi) is 7.08. The molecule has 2 heterocycles. The standard InChI is InChI=1S/C28H31N3O5S/c1-21-4-3-5-25(16-21)31(37(2,33)34)19-22-6-9-24(10-7-22)28(32)30-14-12-29(13-15-30)18-23-8-11-26-27(17-23)36-20-35-26/h3-11,16-17H,12-15,18-20H2,1-2H3. The van der Waals surface area contributed by atoms with Gasteiger partial charge in [-0.2, -0.15) is 0 Å². The quantitative estimate of drug-likeness (QED) is 0.472. The second kappa shape index (κ2) is 10.4. The highest BCUT2D eigenvalue weighted by atomic mass is 32.2. The molecule has 37 heavy (non-hydrogen) atoms. The molecule has 0 unspecified atom stereocenters. The van der Waals surface area contributed by atoms with E-state index in [0.717, 1.165) is 47.8 Å². The summed E-state index contributed by atoms with van der Waals surface area (Å²) in [6, 6.07) is 20.7. The lowest BCUT2D eigenvalue weighted by Crippen LogP contribution is -2.48. The lowest BCUT2D eigenvalue weighted by atomic mass is 10.1. The molecule has 8 nitrogen and oxygen atoms in total. The number of nitrogens with zero attached hydrogens (tertiary/aromatic N) is 3. The lowest BCUT2D eigenvalue weighted by Gasteiger charge is -2.34. The number of hydrogen-bond acceptors (Lipinski definition) is 6. The molecule has 0 atom stereocenters. The van der Waals surface area contributed by atoms with Crippen LogP contribution in [-0.2, 0) is 23.1 Å². The van der Waals surface area contributed by atoms with Gasteiger partial charge in [0, 0.05) is 38.3 Å². The zero-order valence-electron chi connectivity index (χ0n) is 21.1. The molecular formula is C28H31N3O5S. The van der Waals surface area contributed by atoms with Crippen molar-refractivity contribution in [2.24, 2.45) is 0 Å². The average Bonchev–Trinajstić information content (AvgIpc) is 3.35. The van der Waals surface area contributed by atoms with Gasteiger partial charge in [-0.05, 0) is 60.0 Å². The van der Waals surface area contributed by atoms with E-state index >= 15 is 0 Å². The summed E-state index contributed by atoms with van der Waals surface area (Å²) >= 11 is 0. The lowest BCUT2D eigenvalue weighted by molar-refractivity contribution is 0.0628. The van der Waals surface area contributed by atoms with Crippen molar-refractivity contribution in [3.8, 4) is 11.5 Å². The molecule has 0 saturated carbocycles. The van der Waals surface area contributed by atoms with E-state index in [4.69, 9.17) is 9.47 Å². The summed E-state index contributed by atoms with van der Waals surface area (Å²) in [6.45, 7) is 6.09. The topological polar surface area (TPSA) is 79.4 Å². The third-order valence-corrected chi connectivity index (χ3v) is 7.86. The van der Waals surface area contributed by atoms with Crippen molar-refractivity contribution in [2.75, 3.05) is 43.5 Å². The summed E-state index contributed by atoms with van der Waals surface area (Å²) in [5.74, 6) is 1.56. The number of aryl methyl sites for hydroxylation is 1. The second-order valence-corrected chi connectivity index (χ2v) is 11.5. The minimum absolute atomic E-state index is 0.00654. The number of anilines is 1. The van der Waals surface area contributed by atoms with Gasteiger partial charge in [0.1, 0.15) is 0 Å². The zero-order chi connectivity index (χ0) is 26.0. The van der Waals surface area contributed by atoms with E-state index in [1.807, 2.05) is 54.3 Å². The molecule has 2 aliphatic rings. The first-order chi connectivity index (χ1) is 17.8. The zero-order valence-corrected chi connectivity index (χ0v) is 21.9. The van der Waals surface area contributed by atoms with Gasteiger partial charge in [0.2, 0.25) is 16.8 Å². The van der Waals surface area contributed by atoms with E-state index in [-0.39, 0.29) is 19.2 Å². The van der Waals surface area contributed by atoms with Gasteiger partial charge in [-0.15, -0.1) is 0 Å². The van der Waals surface area contributed by atoms with Crippen molar-refractivity contribution in [1.82, 2.24) is 9.80 Å². The summed E-state index contributed by atoms with van der Waals surface area (Å²) in [7, 11) is -3.47. The van der Waals surface area contributed by atoms with E-state index in [1.165, 1.54) is 10.6 Å². The van der Waals surface area contributed by atoms with Crippen LogP contribution >= 0.6 is 0 Å². The summed E-state index contributed by atoms with van der Waals surface area (Å²) in [5, 5.41) is 0. The molecule has 194 valence electrons. The predicted octanol–water partition coefficient (Wildman–Crippen LogP) is 3.65. The summed E-state index contributed by atoms with van der Waals surface area (Å²) in [4.78, 5) is 17.3. The highest BCUT2D eigenvalue weighted by molar-refractivity contribution is 7.92. The van der Waals surface area contributed by atoms with Crippen LogP contribution in [0.15, 0.2) is 66.7 Å². The van der Waals surface area contributed by atoms with Crippen molar-refractivity contribution in [2.45, 2.75) is 20.0 Å². The van der Waals surface area contributed by atoms with Gasteiger partial charge in [-0.1, -0.05) is 30.3 Å². The molecular weight excluding hydrogens is 490 g/mol. The van der Waals surface area contributed by atoms with Crippen molar-refractivity contribution >= 4 is 21.6 Å². The number of sulfonamides is 1. The molecule has 0 radical (unpaired) electrons. The van der Waals surface area contributed by atoms with E-state index < -0.39 is 10.0 Å². The number of ether oxygens (including phenoxy) is 2. The van der Waals surface area contributed by atoms with Gasteiger partial charge in [-0.3, -0.25) is 14.0 Å². The molecule has 5 rings (SSSR count). The molecule has 0 aliphatic carbocycles. The van der Waals surface area contributed by atoms with Crippen LogP contribution in [0.4, 0.5) is 5.69 Å². The van der Waals surface area contributed by atoms with Crippen LogP contribution in [0.5, 0.6) is 11.5 Å². The number of carbonyl (C=O) groups excluding carboxylic acids is 1. The van der Waals surface area contributed by atoms with E-state index in [9.17, 15) is 13.2 Å². The monoisotopic (exact) mass is 521 g/mol. The first kappa shape index (κ1) is 25.1. The molecule has 9 heteroatoms. The van der Waals surface area contributed by atoms with E-state index in [1.54, 1.807) is 18.2 Å². The van der Waals surface area contributed by atoms with Crippen molar-refractivity contribution < 1.29 is 22.7 Å². The smallest absolute Gasteiger partial charge is 0.253 e. The Labute approximate surface area is 218 Å². The van der Waals surface area contributed by atoms with Gasteiger partial charge in [0.05, 0.1) is 18.5 Å².